The maximum Gasteiger partial charge on any atom is 0.416 e. The molecule has 0 spiro atoms. The number of hydrogen-bond donors (Lipinski definition) is 1. The minimum absolute atomic E-state index is 0.0199. The molecule has 1 N–H and O–H groups in total. The van der Waals surface area contributed by atoms with Crippen molar-refractivity contribution in [1.82, 2.24) is 9.62 Å². The van der Waals surface area contributed by atoms with Gasteiger partial charge in [-0.3, -0.25) is 4.79 Å². The van der Waals surface area contributed by atoms with Crippen LogP contribution in [0.25, 0.3) is 0 Å². The van der Waals surface area contributed by atoms with Crippen LogP contribution in [0.5, 0.6) is 0 Å². The summed E-state index contributed by atoms with van der Waals surface area (Å²) in [6.07, 6.45) is -4.34. The van der Waals surface area contributed by atoms with Crippen molar-refractivity contribution in [2.45, 2.75) is 64.3 Å². The zero-order valence-corrected chi connectivity index (χ0v) is 21.9. The summed E-state index contributed by atoms with van der Waals surface area (Å²) in [5, 5.41) is 2.67. The molecule has 1 atom stereocenters. The first kappa shape index (κ1) is 26.9. The van der Waals surface area contributed by atoms with Gasteiger partial charge in [0.05, 0.1) is 10.5 Å². The Morgan fingerprint density at radius 2 is 1.57 bits per heavy atom. The second-order valence-corrected chi connectivity index (χ2v) is 11.4. The van der Waals surface area contributed by atoms with Crippen molar-refractivity contribution in [1.29, 1.82) is 0 Å². The molecule has 0 bridgehead atoms. The van der Waals surface area contributed by atoms with E-state index in [4.69, 9.17) is 0 Å². The molecule has 196 valence electrons. The van der Waals surface area contributed by atoms with E-state index < -0.39 is 33.7 Å². The maximum absolute atomic E-state index is 14.1. The lowest BCUT2D eigenvalue weighted by molar-refractivity contribution is -0.137. The lowest BCUT2D eigenvalue weighted by Gasteiger charge is -2.36. The first-order valence-electron chi connectivity index (χ1n) is 11.9. The molecule has 0 fully saturated rings. The van der Waals surface area contributed by atoms with E-state index >= 15 is 0 Å². The van der Waals surface area contributed by atoms with E-state index in [2.05, 4.69) is 5.32 Å². The van der Waals surface area contributed by atoms with Gasteiger partial charge in [-0.25, -0.2) is 8.42 Å². The fraction of sp³-hybridized carbons (Fsp3) is 0.321. The lowest BCUT2D eigenvalue weighted by Crippen LogP contribution is -2.52. The number of aryl methyl sites for hydroxylation is 2. The normalized spacial score (nSPS) is 16.4. The molecule has 1 aliphatic heterocycles. The fourth-order valence-electron chi connectivity index (χ4n) is 4.82. The summed E-state index contributed by atoms with van der Waals surface area (Å²) in [4.78, 5) is 13.6. The van der Waals surface area contributed by atoms with E-state index in [1.54, 1.807) is 13.8 Å². The summed E-state index contributed by atoms with van der Waals surface area (Å²) in [5.74, 6) is -0.560. The number of hydrogen-bond acceptors (Lipinski definition) is 3. The number of carbonyl (C=O) groups is 1. The first-order chi connectivity index (χ1) is 17.3. The van der Waals surface area contributed by atoms with E-state index in [1.807, 2.05) is 44.2 Å². The second-order valence-electron chi connectivity index (χ2n) is 9.54. The number of alkyl halides is 3. The van der Waals surface area contributed by atoms with Crippen LogP contribution in [-0.2, 0) is 40.5 Å². The summed E-state index contributed by atoms with van der Waals surface area (Å²) >= 11 is 0. The molecule has 3 aromatic carbocycles. The lowest BCUT2D eigenvalue weighted by atomic mass is 9.95. The van der Waals surface area contributed by atoms with Gasteiger partial charge in [-0.2, -0.15) is 17.5 Å². The molecule has 9 heteroatoms. The van der Waals surface area contributed by atoms with E-state index in [9.17, 15) is 26.4 Å². The van der Waals surface area contributed by atoms with Crippen molar-refractivity contribution in [3.05, 3.63) is 99.1 Å². The number of nitrogens with one attached hydrogen (secondary N) is 1. The Morgan fingerprint density at radius 1 is 0.946 bits per heavy atom. The number of sulfonamides is 1. The SMILES string of the molecule is Cc1cc(C)c(C)c(S(=O)(=O)N2Cc3ccccc3C[C@H]2C(=O)NCc2cccc(C(F)(F)F)c2)c1C. The summed E-state index contributed by atoms with van der Waals surface area (Å²) in [6, 6.07) is 13.0. The zero-order chi connectivity index (χ0) is 27.1. The van der Waals surface area contributed by atoms with E-state index in [-0.39, 0.29) is 30.0 Å². The molecule has 0 unspecified atom stereocenters. The standard InChI is InChI=1S/C28H29F3N2O3S/c1-17-12-18(2)20(4)26(19(17)3)37(35,36)33-16-23-10-6-5-9-22(23)14-25(33)27(34)32-15-21-8-7-11-24(13-21)28(29,30)31/h5-13,25H,14-16H2,1-4H3,(H,32,34)/t25-/m0/s1. The molecule has 3 aromatic rings. The Labute approximate surface area is 215 Å². The minimum atomic E-state index is -4.50. The minimum Gasteiger partial charge on any atom is -0.351 e. The van der Waals surface area contributed by atoms with Gasteiger partial charge in [-0.1, -0.05) is 42.5 Å². The maximum atomic E-state index is 14.1. The van der Waals surface area contributed by atoms with Gasteiger partial charge in [0.2, 0.25) is 15.9 Å². The third-order valence-corrected chi connectivity index (χ3v) is 9.22. The molecule has 5 nitrogen and oxygen atoms in total. The molecule has 1 amide bonds. The highest BCUT2D eigenvalue weighted by atomic mass is 32.2. The largest absolute Gasteiger partial charge is 0.416 e. The highest BCUT2D eigenvalue weighted by Gasteiger charge is 2.41. The highest BCUT2D eigenvalue weighted by molar-refractivity contribution is 7.89. The van der Waals surface area contributed by atoms with Gasteiger partial charge in [0.25, 0.3) is 0 Å². The van der Waals surface area contributed by atoms with Crippen LogP contribution in [0.3, 0.4) is 0 Å². The summed E-state index contributed by atoms with van der Waals surface area (Å²) in [5.41, 5.74) is 4.07. The average Bonchev–Trinajstić information content (AvgIpc) is 2.85. The molecule has 0 aromatic heterocycles. The quantitative estimate of drug-likeness (QED) is 0.482. The van der Waals surface area contributed by atoms with Crippen LogP contribution in [0.1, 0.15) is 44.5 Å². The molecule has 0 saturated heterocycles. The van der Waals surface area contributed by atoms with Crippen LogP contribution in [0, 0.1) is 27.7 Å². The van der Waals surface area contributed by atoms with Gasteiger partial charge < -0.3 is 5.32 Å². The van der Waals surface area contributed by atoms with Crippen LogP contribution in [-0.4, -0.2) is 24.7 Å². The monoisotopic (exact) mass is 530 g/mol. The number of fused-ring (bicyclic) bond motifs is 1. The molecule has 0 aliphatic carbocycles. The zero-order valence-electron chi connectivity index (χ0n) is 21.1. The predicted molar refractivity (Wildman–Crippen MR) is 135 cm³/mol. The Balaban J connectivity index is 1.70. The van der Waals surface area contributed by atoms with Crippen LogP contribution in [0.4, 0.5) is 13.2 Å². The molecule has 1 aliphatic rings. The molecule has 1 heterocycles. The van der Waals surface area contributed by atoms with Gasteiger partial charge >= 0.3 is 6.18 Å². The molecular weight excluding hydrogens is 501 g/mol. The average molecular weight is 531 g/mol. The molecule has 37 heavy (non-hydrogen) atoms. The van der Waals surface area contributed by atoms with Crippen LogP contribution < -0.4 is 5.32 Å². The number of nitrogens with zero attached hydrogens (tertiary/aromatic N) is 1. The van der Waals surface area contributed by atoms with Crippen molar-refractivity contribution in [3.63, 3.8) is 0 Å². The molecule has 4 rings (SSSR count). The Bertz CT molecular complexity index is 1440. The molecule has 0 radical (unpaired) electrons. The third-order valence-electron chi connectivity index (χ3n) is 7.09. The van der Waals surface area contributed by atoms with Crippen molar-refractivity contribution >= 4 is 15.9 Å². The number of benzene rings is 3. The predicted octanol–water partition coefficient (Wildman–Crippen LogP) is 5.37. The second kappa shape index (κ2) is 9.95. The van der Waals surface area contributed by atoms with E-state index in [0.29, 0.717) is 11.1 Å². The van der Waals surface area contributed by atoms with E-state index in [0.717, 1.165) is 34.4 Å². The summed E-state index contributed by atoms with van der Waals surface area (Å²) in [6.45, 7) is 7.09. The van der Waals surface area contributed by atoms with Gasteiger partial charge in [0.15, 0.2) is 0 Å². The van der Waals surface area contributed by atoms with Crippen molar-refractivity contribution in [2.24, 2.45) is 0 Å². The van der Waals surface area contributed by atoms with Crippen LogP contribution >= 0.6 is 0 Å². The fourth-order valence-corrected chi connectivity index (χ4v) is 6.97. The molecule has 0 saturated carbocycles. The van der Waals surface area contributed by atoms with Gasteiger partial charge in [0, 0.05) is 13.1 Å². The Morgan fingerprint density at radius 3 is 2.19 bits per heavy atom. The van der Waals surface area contributed by atoms with Gasteiger partial charge in [-0.15, -0.1) is 0 Å². The third kappa shape index (κ3) is 5.29. The van der Waals surface area contributed by atoms with Gasteiger partial charge in [0.1, 0.15) is 6.04 Å². The number of rotatable bonds is 5. The Kier molecular flexibility index (Phi) is 7.23. The van der Waals surface area contributed by atoms with Crippen molar-refractivity contribution in [2.75, 3.05) is 0 Å². The molecular formula is C28H29F3N2O3S. The number of carbonyl (C=O) groups excluding carboxylic acids is 1. The highest BCUT2D eigenvalue weighted by Crippen LogP contribution is 2.34. The summed E-state index contributed by atoms with van der Waals surface area (Å²) < 4.78 is 68.8. The smallest absolute Gasteiger partial charge is 0.351 e. The topological polar surface area (TPSA) is 66.5 Å². The van der Waals surface area contributed by atoms with E-state index in [1.165, 1.54) is 16.4 Å². The summed E-state index contributed by atoms with van der Waals surface area (Å²) in [7, 11) is -4.09. The van der Waals surface area contributed by atoms with Crippen LogP contribution in [0.2, 0.25) is 0 Å². The van der Waals surface area contributed by atoms with Crippen LogP contribution in [0.15, 0.2) is 59.5 Å². The number of halogens is 3. The first-order valence-corrected chi connectivity index (χ1v) is 13.3. The van der Waals surface area contributed by atoms with Gasteiger partial charge in [-0.05, 0) is 85.2 Å². The number of amides is 1. The van der Waals surface area contributed by atoms with Crippen molar-refractivity contribution < 1.29 is 26.4 Å². The Hall–Kier alpha value is -3.17. The van der Waals surface area contributed by atoms with Crippen molar-refractivity contribution in [3.8, 4) is 0 Å².